The van der Waals surface area contributed by atoms with Crippen molar-refractivity contribution >= 4 is 27.8 Å². The first-order valence-electron chi connectivity index (χ1n) is 6.23. The lowest BCUT2D eigenvalue weighted by atomic mass is 10.1. The van der Waals surface area contributed by atoms with Crippen LogP contribution >= 0.6 is 0 Å². The van der Waals surface area contributed by atoms with E-state index in [-0.39, 0.29) is 23.1 Å². The summed E-state index contributed by atoms with van der Waals surface area (Å²) >= 11 is 0. The van der Waals surface area contributed by atoms with Crippen LogP contribution < -0.4 is 5.32 Å². The molecule has 1 fully saturated rings. The van der Waals surface area contributed by atoms with Gasteiger partial charge in [-0.3, -0.25) is 9.78 Å². The van der Waals surface area contributed by atoms with Crippen LogP contribution in [0.4, 0.5) is 0 Å². The monoisotopic (exact) mass is 310 g/mol. The van der Waals surface area contributed by atoms with E-state index in [4.69, 9.17) is 5.11 Å². The molecule has 1 aliphatic heterocycles. The van der Waals surface area contributed by atoms with Gasteiger partial charge in [0.2, 0.25) is 0 Å². The van der Waals surface area contributed by atoms with Crippen molar-refractivity contribution in [3.63, 3.8) is 0 Å². The fourth-order valence-corrected chi connectivity index (χ4v) is 3.69. The summed E-state index contributed by atoms with van der Waals surface area (Å²) < 4.78 is 22.7. The minimum Gasteiger partial charge on any atom is -0.478 e. The van der Waals surface area contributed by atoms with Crippen LogP contribution in [0.15, 0.2) is 24.5 Å². The number of amides is 1. The number of carboxylic acid groups (broad SMARTS) is 1. The highest BCUT2D eigenvalue weighted by Gasteiger charge is 2.29. The molecule has 0 bridgehead atoms. The van der Waals surface area contributed by atoms with Gasteiger partial charge >= 0.3 is 5.97 Å². The first-order valence-corrected chi connectivity index (χ1v) is 8.05. The molecule has 2 rings (SSSR count). The zero-order valence-electron chi connectivity index (χ0n) is 11.0. The fourth-order valence-electron chi connectivity index (χ4n) is 2.02. The molecule has 0 aromatic carbocycles. The summed E-state index contributed by atoms with van der Waals surface area (Å²) in [6.45, 7) is 0. The lowest BCUT2D eigenvalue weighted by molar-refractivity contribution is -0.131. The van der Waals surface area contributed by atoms with E-state index in [1.54, 1.807) is 0 Å². The average Bonchev–Trinajstić information content (AvgIpc) is 2.76. The highest BCUT2D eigenvalue weighted by atomic mass is 32.2. The first-order chi connectivity index (χ1) is 9.85. The molecule has 2 heterocycles. The molecule has 1 aromatic rings. The predicted molar refractivity (Wildman–Crippen MR) is 75.4 cm³/mol. The molecule has 1 unspecified atom stereocenters. The Morgan fingerprint density at radius 1 is 1.38 bits per heavy atom. The molecular formula is C13H14N2O5S. The van der Waals surface area contributed by atoms with Crippen LogP contribution in [0.25, 0.3) is 6.08 Å². The Hall–Kier alpha value is -2.22. The molecule has 8 heteroatoms. The maximum Gasteiger partial charge on any atom is 0.328 e. The third-order valence-corrected chi connectivity index (χ3v) is 4.78. The van der Waals surface area contributed by atoms with Crippen molar-refractivity contribution in [2.45, 2.75) is 12.5 Å². The van der Waals surface area contributed by atoms with Crippen molar-refractivity contribution in [2.24, 2.45) is 0 Å². The second kappa shape index (κ2) is 6.04. The van der Waals surface area contributed by atoms with E-state index in [1.165, 1.54) is 24.5 Å². The van der Waals surface area contributed by atoms with Crippen molar-refractivity contribution in [3.8, 4) is 0 Å². The predicted octanol–water partition coefficient (Wildman–Crippen LogP) is 0.0963. The summed E-state index contributed by atoms with van der Waals surface area (Å²) in [6.07, 6.45) is 5.45. The van der Waals surface area contributed by atoms with Crippen LogP contribution in [-0.4, -0.2) is 47.9 Å². The third-order valence-electron chi connectivity index (χ3n) is 3.01. The average molecular weight is 310 g/mol. The van der Waals surface area contributed by atoms with Crippen molar-refractivity contribution in [3.05, 3.63) is 35.7 Å². The Balaban J connectivity index is 2.06. The second-order valence-corrected chi connectivity index (χ2v) is 6.98. The molecule has 1 atom stereocenters. The maximum atomic E-state index is 12.0. The van der Waals surface area contributed by atoms with Gasteiger partial charge in [0, 0.05) is 24.5 Å². The molecule has 1 aromatic heterocycles. The number of nitrogens with zero attached hydrogens (tertiary/aromatic N) is 1. The van der Waals surface area contributed by atoms with Crippen LogP contribution in [0, 0.1) is 0 Å². The van der Waals surface area contributed by atoms with Gasteiger partial charge in [-0.25, -0.2) is 13.2 Å². The summed E-state index contributed by atoms with van der Waals surface area (Å²) in [6, 6.07) is 1.10. The Labute approximate surface area is 121 Å². The van der Waals surface area contributed by atoms with Crippen LogP contribution in [-0.2, 0) is 14.6 Å². The second-order valence-electron chi connectivity index (χ2n) is 4.75. The molecule has 0 saturated carbocycles. The van der Waals surface area contributed by atoms with Gasteiger partial charge in [0.05, 0.1) is 17.1 Å². The molecule has 21 heavy (non-hydrogen) atoms. The SMILES string of the molecule is O=C(O)C=Cc1cncc(C(=O)NC2CCS(=O)(=O)C2)c1. The summed E-state index contributed by atoms with van der Waals surface area (Å²) in [5, 5.41) is 11.2. The van der Waals surface area contributed by atoms with E-state index >= 15 is 0 Å². The highest BCUT2D eigenvalue weighted by molar-refractivity contribution is 7.91. The van der Waals surface area contributed by atoms with E-state index in [0.29, 0.717) is 12.0 Å². The highest BCUT2D eigenvalue weighted by Crippen LogP contribution is 2.12. The van der Waals surface area contributed by atoms with Gasteiger partial charge in [-0.05, 0) is 24.1 Å². The van der Waals surface area contributed by atoms with Crippen molar-refractivity contribution in [2.75, 3.05) is 11.5 Å². The summed E-state index contributed by atoms with van der Waals surface area (Å²) in [4.78, 5) is 26.3. The zero-order chi connectivity index (χ0) is 15.5. The van der Waals surface area contributed by atoms with Crippen LogP contribution in [0.2, 0.25) is 0 Å². The molecule has 1 saturated heterocycles. The summed E-state index contributed by atoms with van der Waals surface area (Å²) in [5.74, 6) is -1.49. The van der Waals surface area contributed by atoms with Crippen LogP contribution in [0.3, 0.4) is 0 Å². The van der Waals surface area contributed by atoms with E-state index in [2.05, 4.69) is 10.3 Å². The van der Waals surface area contributed by atoms with Crippen molar-refractivity contribution < 1.29 is 23.1 Å². The number of carbonyl (C=O) groups excluding carboxylic acids is 1. The molecule has 1 aliphatic rings. The Morgan fingerprint density at radius 2 is 2.14 bits per heavy atom. The molecule has 1 amide bonds. The van der Waals surface area contributed by atoms with Crippen LogP contribution in [0.5, 0.6) is 0 Å². The van der Waals surface area contributed by atoms with Gasteiger partial charge in [-0.2, -0.15) is 0 Å². The largest absolute Gasteiger partial charge is 0.478 e. The molecular weight excluding hydrogens is 296 g/mol. The normalized spacial score (nSPS) is 20.5. The van der Waals surface area contributed by atoms with Crippen LogP contribution in [0.1, 0.15) is 22.3 Å². The van der Waals surface area contributed by atoms with Crippen molar-refractivity contribution in [1.29, 1.82) is 0 Å². The first kappa shape index (κ1) is 15.2. The number of rotatable bonds is 4. The minimum absolute atomic E-state index is 0.0508. The number of carbonyl (C=O) groups is 2. The number of pyridine rings is 1. The van der Waals surface area contributed by atoms with Gasteiger partial charge in [0.15, 0.2) is 9.84 Å². The third kappa shape index (κ3) is 4.38. The standard InChI is InChI=1S/C13H14N2O5S/c16-12(17)2-1-9-5-10(7-14-6-9)13(18)15-11-3-4-21(19,20)8-11/h1-2,5-7,11H,3-4,8H2,(H,15,18)(H,16,17). The van der Waals surface area contributed by atoms with E-state index in [1.807, 2.05) is 0 Å². The van der Waals surface area contributed by atoms with E-state index in [9.17, 15) is 18.0 Å². The van der Waals surface area contributed by atoms with Gasteiger partial charge in [0.25, 0.3) is 5.91 Å². The summed E-state index contributed by atoms with van der Waals surface area (Å²) in [5.41, 5.74) is 0.732. The smallest absolute Gasteiger partial charge is 0.328 e. The number of sulfone groups is 1. The quantitative estimate of drug-likeness (QED) is 0.762. The molecule has 0 spiro atoms. The van der Waals surface area contributed by atoms with E-state index < -0.39 is 21.7 Å². The van der Waals surface area contributed by atoms with Gasteiger partial charge < -0.3 is 10.4 Å². The molecule has 0 radical (unpaired) electrons. The fraction of sp³-hybridized carbons (Fsp3) is 0.308. The van der Waals surface area contributed by atoms with Gasteiger partial charge in [0.1, 0.15) is 0 Å². The number of hydrogen-bond acceptors (Lipinski definition) is 5. The number of aliphatic carboxylic acids is 1. The maximum absolute atomic E-state index is 12.0. The number of hydrogen-bond donors (Lipinski definition) is 2. The van der Waals surface area contributed by atoms with E-state index in [0.717, 1.165) is 6.08 Å². The molecule has 7 nitrogen and oxygen atoms in total. The topological polar surface area (TPSA) is 113 Å². The lowest BCUT2D eigenvalue weighted by Crippen LogP contribution is -2.35. The molecule has 0 aliphatic carbocycles. The summed E-state index contributed by atoms with van der Waals surface area (Å²) in [7, 11) is -3.06. The Morgan fingerprint density at radius 3 is 2.76 bits per heavy atom. The zero-order valence-corrected chi connectivity index (χ0v) is 11.8. The Bertz CT molecular complexity index is 696. The molecule has 2 N–H and O–H groups in total. The van der Waals surface area contributed by atoms with Crippen molar-refractivity contribution in [1.82, 2.24) is 10.3 Å². The molecule has 112 valence electrons. The van der Waals surface area contributed by atoms with Gasteiger partial charge in [-0.15, -0.1) is 0 Å². The number of carboxylic acids is 1. The van der Waals surface area contributed by atoms with Gasteiger partial charge in [-0.1, -0.05) is 0 Å². The Kier molecular flexibility index (Phi) is 4.37. The number of aromatic nitrogens is 1. The number of nitrogens with one attached hydrogen (secondary N) is 1. The minimum atomic E-state index is -3.06. The lowest BCUT2D eigenvalue weighted by Gasteiger charge is -2.10.